The summed E-state index contributed by atoms with van der Waals surface area (Å²) in [6.07, 6.45) is 17.2. The van der Waals surface area contributed by atoms with Crippen LogP contribution in [0.15, 0.2) is 11.6 Å². The fraction of sp³-hybridized carbons (Fsp3) is 0.906. The van der Waals surface area contributed by atoms with Gasteiger partial charge in [-0.05, 0) is 112 Å². The number of carbonyl (C=O) groups is 1. The summed E-state index contributed by atoms with van der Waals surface area (Å²) < 4.78 is -0.647. The Kier molecular flexibility index (Phi) is 9.99. The summed E-state index contributed by atoms with van der Waals surface area (Å²) in [4.78, 5) is 10.2. The van der Waals surface area contributed by atoms with E-state index in [1.165, 1.54) is 57.8 Å². The molecule has 4 N–H and O–H groups in total. The van der Waals surface area contributed by atoms with Crippen molar-refractivity contribution >= 4 is 18.6 Å². The summed E-state index contributed by atoms with van der Waals surface area (Å²) in [5.41, 5.74) is 7.82. The molecule has 0 heterocycles. The van der Waals surface area contributed by atoms with Crippen molar-refractivity contribution in [2.75, 3.05) is 0 Å². The number of aliphatic hydroxyl groups excluding tert-OH is 1. The molecule has 0 aromatic rings. The quantitative estimate of drug-likeness (QED) is 0.201. The van der Waals surface area contributed by atoms with Crippen LogP contribution < -0.4 is 5.73 Å². The minimum Gasteiger partial charge on any atom is -0.480 e. The number of aliphatic carboxylic acids is 1. The molecule has 4 aliphatic carbocycles. The predicted molar refractivity (Wildman–Crippen MR) is 158 cm³/mol. The van der Waals surface area contributed by atoms with Crippen LogP contribution in [0, 0.1) is 46.3 Å². The summed E-state index contributed by atoms with van der Waals surface area (Å²) in [5.74, 6) is 4.44. The molecule has 0 spiro atoms. The Morgan fingerprint density at radius 3 is 2.35 bits per heavy atom. The van der Waals surface area contributed by atoms with Crippen LogP contribution in [0.4, 0.5) is 0 Å². The van der Waals surface area contributed by atoms with Crippen molar-refractivity contribution in [1.82, 2.24) is 0 Å². The van der Waals surface area contributed by atoms with Crippen molar-refractivity contribution in [3.63, 3.8) is 0 Å². The molecule has 3 saturated carbocycles. The molecule has 4 rings (SSSR count). The summed E-state index contributed by atoms with van der Waals surface area (Å²) in [6.45, 7) is 15.9. The maximum atomic E-state index is 10.2. The van der Waals surface area contributed by atoms with Gasteiger partial charge in [-0.1, -0.05) is 65.5 Å². The number of carboxylic acid groups (broad SMARTS) is 1. The SMILES string of the molecule is CC(C)(S)[C@@H](N)C(=O)O.CC(C)CCC[C@@H](C)[C@H]1CC[C@H]2[C@@H]3CC=C4C[C@@H](O)CC[C@]4(C)[C@H]3CC[C@]12C. The van der Waals surface area contributed by atoms with Crippen molar-refractivity contribution in [3.8, 4) is 0 Å². The van der Waals surface area contributed by atoms with E-state index in [0.29, 0.717) is 10.8 Å². The average molecular weight is 536 g/mol. The van der Waals surface area contributed by atoms with Gasteiger partial charge in [0.15, 0.2) is 0 Å². The highest BCUT2D eigenvalue weighted by molar-refractivity contribution is 7.81. The lowest BCUT2D eigenvalue weighted by Crippen LogP contribution is -2.50. The van der Waals surface area contributed by atoms with Gasteiger partial charge in [-0.3, -0.25) is 4.79 Å². The number of nitrogens with two attached hydrogens (primary N) is 1. The van der Waals surface area contributed by atoms with Gasteiger partial charge < -0.3 is 15.9 Å². The first kappa shape index (κ1) is 31.0. The second kappa shape index (κ2) is 11.9. The number of thiol groups is 1. The van der Waals surface area contributed by atoms with E-state index in [-0.39, 0.29) is 6.10 Å². The van der Waals surface area contributed by atoms with Crippen LogP contribution in [0.25, 0.3) is 0 Å². The van der Waals surface area contributed by atoms with Crippen LogP contribution in [0.5, 0.6) is 0 Å². The first-order chi connectivity index (χ1) is 17.1. The zero-order valence-corrected chi connectivity index (χ0v) is 25.7. The predicted octanol–water partition coefficient (Wildman–Crippen LogP) is 7.50. The van der Waals surface area contributed by atoms with Gasteiger partial charge in [0.05, 0.1) is 6.10 Å². The maximum Gasteiger partial charge on any atom is 0.321 e. The fourth-order valence-corrected chi connectivity index (χ4v) is 9.08. The fourth-order valence-electron chi connectivity index (χ4n) is 8.97. The highest BCUT2D eigenvalue weighted by Crippen LogP contribution is 2.67. The first-order valence-electron chi connectivity index (χ1n) is 15.2. The molecule has 0 bridgehead atoms. The standard InChI is InChI=1S/C27H46O.C5H11NO2S/c1-18(2)7-6-8-19(3)23-11-12-24-22-10-9-20-17-21(28)13-15-26(20,4)25(22)14-16-27(23,24)5;1-5(2,9)3(6)4(7)8/h9,18-19,21-25,28H,6-8,10-17H2,1-5H3;3,9H,6H2,1-2H3,(H,7,8)/t19-,21+,22+,23-,24+,25+,26+,27-;3-/m10/s1. The Hall–Kier alpha value is -0.520. The third-order valence-corrected chi connectivity index (χ3v) is 11.6. The molecule has 0 unspecified atom stereocenters. The zero-order chi connectivity index (χ0) is 27.8. The van der Waals surface area contributed by atoms with E-state index >= 15 is 0 Å². The van der Waals surface area contributed by atoms with Gasteiger partial charge in [-0.25, -0.2) is 0 Å². The van der Waals surface area contributed by atoms with E-state index in [1.54, 1.807) is 19.4 Å². The molecule has 9 atom stereocenters. The van der Waals surface area contributed by atoms with Gasteiger partial charge in [0.25, 0.3) is 0 Å². The molecule has 3 fully saturated rings. The van der Waals surface area contributed by atoms with Crippen molar-refractivity contribution in [3.05, 3.63) is 11.6 Å². The lowest BCUT2D eigenvalue weighted by atomic mass is 9.47. The number of hydrogen-bond donors (Lipinski definition) is 4. The van der Waals surface area contributed by atoms with Crippen molar-refractivity contribution in [2.24, 2.45) is 52.1 Å². The molecule has 0 aliphatic heterocycles. The summed E-state index contributed by atoms with van der Waals surface area (Å²) in [5, 5.41) is 18.6. The Morgan fingerprint density at radius 1 is 1.11 bits per heavy atom. The Bertz CT molecular complexity index is 819. The third kappa shape index (κ3) is 6.62. The summed E-state index contributed by atoms with van der Waals surface area (Å²) in [6, 6.07) is -0.902. The lowest BCUT2D eigenvalue weighted by molar-refractivity contribution is -0.139. The van der Waals surface area contributed by atoms with Gasteiger partial charge in [-0.2, -0.15) is 12.6 Å². The van der Waals surface area contributed by atoms with Gasteiger partial charge in [-0.15, -0.1) is 0 Å². The number of fused-ring (bicyclic) bond motifs is 5. The summed E-state index contributed by atoms with van der Waals surface area (Å²) in [7, 11) is 0. The van der Waals surface area contributed by atoms with Crippen LogP contribution >= 0.6 is 12.6 Å². The summed E-state index contributed by atoms with van der Waals surface area (Å²) >= 11 is 3.98. The number of carboxylic acids is 1. The topological polar surface area (TPSA) is 83.6 Å². The second-order valence-corrected chi connectivity index (χ2v) is 15.8. The molecule has 0 radical (unpaired) electrons. The van der Waals surface area contributed by atoms with Crippen LogP contribution in [0.3, 0.4) is 0 Å². The van der Waals surface area contributed by atoms with Crippen LogP contribution in [0.2, 0.25) is 0 Å². The van der Waals surface area contributed by atoms with Crippen LogP contribution in [0.1, 0.15) is 119 Å². The molecular weight excluding hydrogens is 478 g/mol. The lowest BCUT2D eigenvalue weighted by Gasteiger charge is -2.58. The van der Waals surface area contributed by atoms with E-state index in [1.807, 2.05) is 0 Å². The van der Waals surface area contributed by atoms with Crippen LogP contribution in [-0.2, 0) is 4.79 Å². The highest BCUT2D eigenvalue weighted by atomic mass is 32.1. The molecule has 5 heteroatoms. The highest BCUT2D eigenvalue weighted by Gasteiger charge is 2.59. The number of aliphatic hydroxyl groups is 1. The molecule has 0 aromatic carbocycles. The minimum absolute atomic E-state index is 0.0766. The molecular formula is C32H57NO3S. The van der Waals surface area contributed by atoms with Gasteiger partial charge in [0.1, 0.15) is 6.04 Å². The van der Waals surface area contributed by atoms with E-state index in [2.05, 4.69) is 53.3 Å². The molecule has 0 saturated heterocycles. The van der Waals surface area contributed by atoms with Gasteiger partial charge in [0, 0.05) is 4.75 Å². The van der Waals surface area contributed by atoms with E-state index in [9.17, 15) is 9.90 Å². The average Bonchev–Trinajstić information content (AvgIpc) is 3.16. The minimum atomic E-state index is -1.02. The Morgan fingerprint density at radius 2 is 1.78 bits per heavy atom. The number of rotatable bonds is 7. The van der Waals surface area contributed by atoms with Gasteiger partial charge in [0.2, 0.25) is 0 Å². The molecule has 4 nitrogen and oxygen atoms in total. The zero-order valence-electron chi connectivity index (χ0n) is 24.8. The monoisotopic (exact) mass is 535 g/mol. The number of allylic oxidation sites excluding steroid dienone is 1. The van der Waals surface area contributed by atoms with Gasteiger partial charge >= 0.3 is 5.97 Å². The molecule has 0 amide bonds. The molecule has 37 heavy (non-hydrogen) atoms. The molecule has 214 valence electrons. The smallest absolute Gasteiger partial charge is 0.321 e. The van der Waals surface area contributed by atoms with E-state index in [0.717, 1.165) is 48.3 Å². The Balaban J connectivity index is 0.000000364. The maximum absolute atomic E-state index is 10.2. The second-order valence-electron chi connectivity index (χ2n) is 14.7. The largest absolute Gasteiger partial charge is 0.480 e. The van der Waals surface area contributed by atoms with Crippen LogP contribution in [-0.4, -0.2) is 33.1 Å². The molecule has 4 aliphatic rings. The number of hydrogen-bond acceptors (Lipinski definition) is 4. The normalized spacial score (nSPS) is 38.9. The van der Waals surface area contributed by atoms with E-state index < -0.39 is 16.8 Å². The van der Waals surface area contributed by atoms with Crippen molar-refractivity contribution < 1.29 is 15.0 Å². The first-order valence-corrected chi connectivity index (χ1v) is 15.6. The third-order valence-electron chi connectivity index (χ3n) is 11.3. The Labute approximate surface area is 233 Å². The van der Waals surface area contributed by atoms with E-state index in [4.69, 9.17) is 10.8 Å². The van der Waals surface area contributed by atoms with Crippen molar-refractivity contribution in [2.45, 2.75) is 136 Å². The van der Waals surface area contributed by atoms with Crippen molar-refractivity contribution in [1.29, 1.82) is 0 Å². The molecule has 0 aromatic heterocycles.